The van der Waals surface area contributed by atoms with E-state index < -0.39 is 0 Å². The number of aromatic nitrogens is 2. The van der Waals surface area contributed by atoms with Gasteiger partial charge in [0, 0.05) is 6.54 Å². The minimum absolute atomic E-state index is 0.0514. The van der Waals surface area contributed by atoms with Crippen LogP contribution in [0.15, 0.2) is 6.20 Å². The smallest absolute Gasteiger partial charge is 0.161 e. The molecule has 1 heterocycles. The molecule has 0 aliphatic heterocycles. The molecule has 17 heavy (non-hydrogen) atoms. The molecule has 0 spiro atoms. The predicted octanol–water partition coefficient (Wildman–Crippen LogP) is 2.49. The van der Waals surface area contributed by atoms with E-state index >= 15 is 0 Å². The molecule has 0 aromatic carbocycles. The van der Waals surface area contributed by atoms with Crippen molar-refractivity contribution in [2.24, 2.45) is 11.7 Å². The second kappa shape index (κ2) is 5.54. The molecule has 1 aromatic heterocycles. The van der Waals surface area contributed by atoms with Crippen molar-refractivity contribution in [3.8, 4) is 5.75 Å². The predicted molar refractivity (Wildman–Crippen MR) is 68.0 cm³/mol. The van der Waals surface area contributed by atoms with E-state index in [1.54, 1.807) is 13.3 Å². The zero-order valence-corrected chi connectivity index (χ0v) is 10.9. The monoisotopic (exact) mass is 237 g/mol. The standard InChI is InChI=1S/C13H23N3O/c1-3-16-13(12(17-2)9-15-16)11(14)8-10-6-4-5-7-10/h9-11H,3-8,14H2,1-2H3. The zero-order chi connectivity index (χ0) is 12.3. The maximum absolute atomic E-state index is 6.33. The van der Waals surface area contributed by atoms with Crippen molar-refractivity contribution in [1.82, 2.24) is 9.78 Å². The Morgan fingerprint density at radius 3 is 2.82 bits per heavy atom. The van der Waals surface area contributed by atoms with Gasteiger partial charge in [-0.05, 0) is 19.3 Å². The molecule has 1 saturated carbocycles. The number of hydrogen-bond acceptors (Lipinski definition) is 3. The Morgan fingerprint density at radius 2 is 2.24 bits per heavy atom. The largest absolute Gasteiger partial charge is 0.493 e. The first-order valence-corrected chi connectivity index (χ1v) is 6.61. The molecule has 0 saturated heterocycles. The normalized spacial score (nSPS) is 18.5. The van der Waals surface area contributed by atoms with Crippen molar-refractivity contribution in [2.75, 3.05) is 7.11 Å². The first-order valence-electron chi connectivity index (χ1n) is 6.61. The van der Waals surface area contributed by atoms with Crippen LogP contribution in [0.1, 0.15) is 50.8 Å². The van der Waals surface area contributed by atoms with Crippen LogP contribution < -0.4 is 10.5 Å². The van der Waals surface area contributed by atoms with E-state index in [-0.39, 0.29) is 6.04 Å². The van der Waals surface area contributed by atoms with Crippen LogP contribution in [0.2, 0.25) is 0 Å². The molecule has 1 unspecified atom stereocenters. The highest BCUT2D eigenvalue weighted by Gasteiger charge is 2.23. The number of hydrogen-bond donors (Lipinski definition) is 1. The van der Waals surface area contributed by atoms with E-state index in [0.29, 0.717) is 0 Å². The van der Waals surface area contributed by atoms with Gasteiger partial charge >= 0.3 is 0 Å². The summed E-state index contributed by atoms with van der Waals surface area (Å²) in [6, 6.07) is 0.0514. The van der Waals surface area contributed by atoms with Crippen molar-refractivity contribution < 1.29 is 4.74 Å². The average Bonchev–Trinajstić information content (AvgIpc) is 2.95. The molecule has 4 nitrogen and oxygen atoms in total. The van der Waals surface area contributed by atoms with E-state index in [1.165, 1.54) is 25.7 Å². The molecule has 2 N–H and O–H groups in total. The molecule has 0 amide bonds. The Morgan fingerprint density at radius 1 is 1.53 bits per heavy atom. The van der Waals surface area contributed by atoms with Gasteiger partial charge in [0.25, 0.3) is 0 Å². The van der Waals surface area contributed by atoms with Gasteiger partial charge in [-0.15, -0.1) is 0 Å². The molecule has 0 bridgehead atoms. The van der Waals surface area contributed by atoms with Crippen molar-refractivity contribution in [3.05, 3.63) is 11.9 Å². The highest BCUT2D eigenvalue weighted by atomic mass is 16.5. The van der Waals surface area contributed by atoms with Gasteiger partial charge in [-0.1, -0.05) is 25.7 Å². The minimum Gasteiger partial charge on any atom is -0.493 e. The van der Waals surface area contributed by atoms with Gasteiger partial charge in [0.15, 0.2) is 5.75 Å². The van der Waals surface area contributed by atoms with Gasteiger partial charge in [0.2, 0.25) is 0 Å². The molecule has 96 valence electrons. The van der Waals surface area contributed by atoms with E-state index in [1.807, 2.05) is 4.68 Å². The van der Waals surface area contributed by atoms with Gasteiger partial charge < -0.3 is 10.5 Å². The summed E-state index contributed by atoms with van der Waals surface area (Å²) < 4.78 is 7.31. The Balaban J connectivity index is 2.10. The number of aryl methyl sites for hydroxylation is 1. The lowest BCUT2D eigenvalue weighted by molar-refractivity contribution is 0.384. The lowest BCUT2D eigenvalue weighted by Crippen LogP contribution is -2.19. The molecule has 1 aromatic rings. The number of rotatable bonds is 5. The van der Waals surface area contributed by atoms with E-state index in [2.05, 4.69) is 12.0 Å². The van der Waals surface area contributed by atoms with Crippen LogP contribution in [0.3, 0.4) is 0 Å². The summed E-state index contributed by atoms with van der Waals surface area (Å²) in [7, 11) is 1.68. The summed E-state index contributed by atoms with van der Waals surface area (Å²) in [5.41, 5.74) is 7.39. The maximum atomic E-state index is 6.33. The summed E-state index contributed by atoms with van der Waals surface area (Å²) in [6.07, 6.45) is 8.21. The molecule has 1 atom stereocenters. The highest BCUT2D eigenvalue weighted by molar-refractivity contribution is 5.28. The zero-order valence-electron chi connectivity index (χ0n) is 10.9. The highest BCUT2D eigenvalue weighted by Crippen LogP contribution is 2.34. The van der Waals surface area contributed by atoms with Gasteiger partial charge in [-0.25, -0.2) is 0 Å². The molecular weight excluding hydrogens is 214 g/mol. The number of nitrogens with zero attached hydrogens (tertiary/aromatic N) is 2. The second-order valence-electron chi connectivity index (χ2n) is 4.91. The van der Waals surface area contributed by atoms with Crippen LogP contribution in [0.25, 0.3) is 0 Å². The molecule has 1 aliphatic carbocycles. The fraction of sp³-hybridized carbons (Fsp3) is 0.769. The fourth-order valence-electron chi connectivity index (χ4n) is 2.88. The quantitative estimate of drug-likeness (QED) is 0.856. The Bertz CT molecular complexity index is 334. The van der Waals surface area contributed by atoms with Crippen LogP contribution in [0, 0.1) is 5.92 Å². The average molecular weight is 237 g/mol. The van der Waals surface area contributed by atoms with E-state index in [4.69, 9.17) is 10.5 Å². The summed E-state index contributed by atoms with van der Waals surface area (Å²) in [5, 5.41) is 4.31. The van der Waals surface area contributed by atoms with Crippen molar-refractivity contribution >= 4 is 0 Å². The number of methoxy groups -OCH3 is 1. The van der Waals surface area contributed by atoms with E-state index in [9.17, 15) is 0 Å². The summed E-state index contributed by atoms with van der Waals surface area (Å²) in [6.45, 7) is 2.93. The van der Waals surface area contributed by atoms with Crippen LogP contribution in [0.4, 0.5) is 0 Å². The molecule has 4 heteroatoms. The third-order valence-electron chi connectivity index (χ3n) is 3.78. The Hall–Kier alpha value is -1.03. The summed E-state index contributed by atoms with van der Waals surface area (Å²) in [5.74, 6) is 1.62. The summed E-state index contributed by atoms with van der Waals surface area (Å²) in [4.78, 5) is 0. The first kappa shape index (κ1) is 12.4. The van der Waals surface area contributed by atoms with Crippen LogP contribution in [-0.4, -0.2) is 16.9 Å². The minimum atomic E-state index is 0.0514. The SMILES string of the molecule is CCn1ncc(OC)c1C(N)CC1CCCC1. The molecule has 0 radical (unpaired) electrons. The van der Waals surface area contributed by atoms with Crippen molar-refractivity contribution in [3.63, 3.8) is 0 Å². The third kappa shape index (κ3) is 2.63. The fourth-order valence-corrected chi connectivity index (χ4v) is 2.88. The number of ether oxygens (including phenoxy) is 1. The maximum Gasteiger partial charge on any atom is 0.161 e. The van der Waals surface area contributed by atoms with Gasteiger partial charge in [0.1, 0.15) is 0 Å². The van der Waals surface area contributed by atoms with Crippen LogP contribution in [-0.2, 0) is 6.54 Å². The first-order chi connectivity index (χ1) is 8.26. The molecular formula is C13H23N3O. The Labute approximate surface area is 103 Å². The second-order valence-corrected chi connectivity index (χ2v) is 4.91. The third-order valence-corrected chi connectivity index (χ3v) is 3.78. The Kier molecular flexibility index (Phi) is 4.05. The van der Waals surface area contributed by atoms with Crippen LogP contribution in [0.5, 0.6) is 5.75 Å². The van der Waals surface area contributed by atoms with Gasteiger partial charge in [0.05, 0.1) is 25.0 Å². The molecule has 1 aliphatic rings. The summed E-state index contributed by atoms with van der Waals surface area (Å²) >= 11 is 0. The van der Waals surface area contributed by atoms with Crippen molar-refractivity contribution in [2.45, 2.75) is 51.6 Å². The van der Waals surface area contributed by atoms with Gasteiger partial charge in [-0.2, -0.15) is 5.10 Å². The number of nitrogens with two attached hydrogens (primary N) is 1. The molecule has 2 rings (SSSR count). The molecule has 1 fully saturated rings. The lowest BCUT2D eigenvalue weighted by Gasteiger charge is -2.18. The topological polar surface area (TPSA) is 53.1 Å². The van der Waals surface area contributed by atoms with Crippen molar-refractivity contribution in [1.29, 1.82) is 0 Å². The van der Waals surface area contributed by atoms with Gasteiger partial charge in [-0.3, -0.25) is 4.68 Å². The van der Waals surface area contributed by atoms with E-state index in [0.717, 1.165) is 30.3 Å². The lowest BCUT2D eigenvalue weighted by atomic mass is 9.97. The van der Waals surface area contributed by atoms with Crippen LogP contribution >= 0.6 is 0 Å².